The lowest BCUT2D eigenvalue weighted by atomic mass is 10.0. The molecule has 3 fully saturated rings. The third-order valence-corrected chi connectivity index (χ3v) is 13.3. The number of methoxy groups -OCH3 is 1. The van der Waals surface area contributed by atoms with Gasteiger partial charge in [0.25, 0.3) is 11.8 Å². The average molecular weight is 867 g/mol. The summed E-state index contributed by atoms with van der Waals surface area (Å²) in [6, 6.07) is 8.47. The fourth-order valence-electron chi connectivity index (χ4n) is 7.90. The molecule has 4 amide bonds. The van der Waals surface area contributed by atoms with Crippen LogP contribution in [0.2, 0.25) is 0 Å². The third kappa shape index (κ3) is 8.49. The molecule has 1 saturated heterocycles. The molecule has 2 saturated carbocycles. The van der Waals surface area contributed by atoms with E-state index in [0.29, 0.717) is 49.5 Å². The molecule has 4 aliphatic rings. The molecule has 20 heteroatoms. The van der Waals surface area contributed by atoms with Gasteiger partial charge in [-0.3, -0.25) is 23.9 Å². The van der Waals surface area contributed by atoms with Gasteiger partial charge < -0.3 is 29.4 Å². The van der Waals surface area contributed by atoms with Gasteiger partial charge in [-0.1, -0.05) is 49.3 Å². The van der Waals surface area contributed by atoms with Crippen molar-refractivity contribution >= 4 is 61.7 Å². The second-order valence-corrected chi connectivity index (χ2v) is 17.7. The van der Waals surface area contributed by atoms with Gasteiger partial charge in [0, 0.05) is 23.3 Å². The zero-order valence-corrected chi connectivity index (χ0v) is 33.5. The quantitative estimate of drug-likeness (QED) is 0.136. The summed E-state index contributed by atoms with van der Waals surface area (Å²) >= 11 is 0. The van der Waals surface area contributed by atoms with Crippen molar-refractivity contribution < 1.29 is 59.5 Å². The monoisotopic (exact) mass is 866 g/mol. The maximum Gasteiger partial charge on any atom is 0.416 e. The van der Waals surface area contributed by atoms with Crippen LogP contribution in [0.3, 0.4) is 0 Å². The lowest BCUT2D eigenvalue weighted by molar-refractivity contribution is -0.154. The van der Waals surface area contributed by atoms with Crippen LogP contribution in [0.4, 0.5) is 13.2 Å². The van der Waals surface area contributed by atoms with Crippen molar-refractivity contribution in [3.8, 4) is 17.3 Å². The molecular formula is C41H41F3N6O10S. The summed E-state index contributed by atoms with van der Waals surface area (Å²) in [5.41, 5.74) is -1.53. The van der Waals surface area contributed by atoms with Gasteiger partial charge in [0.05, 0.1) is 24.5 Å². The number of esters is 1. The number of carbonyl (C=O) groups excluding carboxylic acids is 5. The molecule has 2 aliphatic heterocycles. The molecule has 2 aromatic carbocycles. The number of rotatable bonds is 7. The molecule has 0 radical (unpaired) electrons. The number of alkyl halides is 3. The smallest absolute Gasteiger partial charge is 0.416 e. The summed E-state index contributed by atoms with van der Waals surface area (Å²) in [7, 11) is -2.98. The van der Waals surface area contributed by atoms with Crippen molar-refractivity contribution in [2.45, 2.75) is 92.9 Å². The van der Waals surface area contributed by atoms with Crippen LogP contribution in [0.5, 0.6) is 5.88 Å². The normalized spacial score (nSPS) is 25.3. The molecule has 5 atom stereocenters. The summed E-state index contributed by atoms with van der Waals surface area (Å²) in [5.74, 6) is -5.54. The van der Waals surface area contributed by atoms with E-state index in [-0.39, 0.29) is 54.2 Å². The first kappa shape index (κ1) is 41.7. The Morgan fingerprint density at radius 3 is 2.48 bits per heavy atom. The van der Waals surface area contributed by atoms with Crippen LogP contribution in [0.15, 0.2) is 65.1 Å². The van der Waals surface area contributed by atoms with Crippen molar-refractivity contribution in [1.29, 1.82) is 0 Å². The van der Waals surface area contributed by atoms with Crippen molar-refractivity contribution in [1.82, 2.24) is 30.2 Å². The number of para-hydroxylation sites is 1. The summed E-state index contributed by atoms with van der Waals surface area (Å²) < 4.78 is 85.3. The Kier molecular flexibility index (Phi) is 11.0. The average Bonchev–Trinajstić information content (AvgIpc) is 4.13. The van der Waals surface area contributed by atoms with Gasteiger partial charge in [-0.25, -0.2) is 18.2 Å². The maximum atomic E-state index is 14.5. The largest absolute Gasteiger partial charge is 0.470 e. The Hall–Kier alpha value is -6.05. The number of allylic oxidation sites excluding steroid dienone is 1. The Balaban J connectivity index is 1.15. The van der Waals surface area contributed by atoms with Gasteiger partial charge in [-0.05, 0) is 62.8 Å². The molecule has 4 heterocycles. The number of hydrogen-bond donors (Lipinski definition) is 3. The number of carbonyl (C=O) groups is 5. The standard InChI is InChI=1S/C41H41F3N6O10S/c1-58-38(54)35(52)45-28-11-6-4-2-3-5-9-24-20-40(24,39(55)49-61(56,57)26-17-18-26)48-34(51)29-19-25(21-50(29)37(28)53)59-36-32-31(27-10-7-8-12-30(27)60-32)46-33(47-36)22-13-15-23(16-14-22)41(42,43)44/h5,7-10,12-16,24-26,28-29H,2-4,6,11,17-21H2,1H3,(H,45,52)(H,48,51)(H,49,55)/b9-5-/t24-,25+,28-,29-,40+/m0/s1. The van der Waals surface area contributed by atoms with Crippen molar-refractivity contribution in [3.05, 3.63) is 66.2 Å². The molecule has 4 aromatic rings. The molecule has 0 spiro atoms. The molecule has 0 unspecified atom stereocenters. The number of hydrogen-bond acceptors (Lipinski definition) is 12. The summed E-state index contributed by atoms with van der Waals surface area (Å²) in [6.07, 6.45) is 1.14. The third-order valence-electron chi connectivity index (χ3n) is 11.5. The number of ether oxygens (including phenoxy) is 2. The van der Waals surface area contributed by atoms with E-state index in [9.17, 15) is 45.6 Å². The molecule has 3 N–H and O–H groups in total. The van der Waals surface area contributed by atoms with E-state index >= 15 is 0 Å². The fourth-order valence-corrected chi connectivity index (χ4v) is 9.26. The van der Waals surface area contributed by atoms with E-state index in [4.69, 9.17) is 9.15 Å². The zero-order chi connectivity index (χ0) is 43.3. The minimum absolute atomic E-state index is 0.00281. The minimum atomic E-state index is -4.58. The number of amides is 4. The van der Waals surface area contributed by atoms with Crippen molar-refractivity contribution in [3.63, 3.8) is 0 Å². The molecule has 16 nitrogen and oxygen atoms in total. The Bertz CT molecular complexity index is 2560. The predicted octanol–water partition coefficient (Wildman–Crippen LogP) is 4.07. The Morgan fingerprint density at radius 1 is 1.00 bits per heavy atom. The first-order valence-electron chi connectivity index (χ1n) is 19.9. The minimum Gasteiger partial charge on any atom is -0.470 e. The molecular weight excluding hydrogens is 826 g/mol. The van der Waals surface area contributed by atoms with Crippen LogP contribution in [-0.4, -0.2) is 95.5 Å². The first-order valence-corrected chi connectivity index (χ1v) is 21.4. The fraction of sp³-hybridized carbons (Fsp3) is 0.439. The van der Waals surface area contributed by atoms with Crippen LogP contribution in [0, 0.1) is 5.92 Å². The van der Waals surface area contributed by atoms with Gasteiger partial charge in [0.15, 0.2) is 5.82 Å². The number of aromatic nitrogens is 2. The van der Waals surface area contributed by atoms with Gasteiger partial charge in [0.2, 0.25) is 27.4 Å². The molecule has 0 bridgehead atoms. The number of furan rings is 1. The topological polar surface area (TPSA) is 216 Å². The van der Waals surface area contributed by atoms with Crippen LogP contribution in [-0.2, 0) is 44.9 Å². The number of halogens is 3. The molecule has 2 aromatic heterocycles. The summed E-state index contributed by atoms with van der Waals surface area (Å²) in [5, 5.41) is 5.05. The zero-order valence-electron chi connectivity index (χ0n) is 32.7. The highest BCUT2D eigenvalue weighted by Gasteiger charge is 2.62. The van der Waals surface area contributed by atoms with E-state index in [2.05, 4.69) is 30.1 Å². The van der Waals surface area contributed by atoms with Gasteiger partial charge >= 0.3 is 18.1 Å². The van der Waals surface area contributed by atoms with Gasteiger partial charge in [0.1, 0.15) is 34.8 Å². The van der Waals surface area contributed by atoms with Crippen molar-refractivity contribution in [2.75, 3.05) is 13.7 Å². The summed E-state index contributed by atoms with van der Waals surface area (Å²) in [6.45, 7) is -0.276. The molecule has 2 aliphatic carbocycles. The highest BCUT2D eigenvalue weighted by Crippen LogP contribution is 2.46. The maximum absolute atomic E-state index is 14.5. The van der Waals surface area contributed by atoms with E-state index in [1.807, 2.05) is 6.08 Å². The van der Waals surface area contributed by atoms with E-state index < -0.39 is 86.3 Å². The Labute approximate surface area is 346 Å². The summed E-state index contributed by atoms with van der Waals surface area (Å²) in [4.78, 5) is 78.1. The second kappa shape index (κ2) is 16.1. The second-order valence-electron chi connectivity index (χ2n) is 15.7. The SMILES string of the molecule is COC(=O)C(=O)N[C@H]1CCCCC/C=C\[C@H]2C[C@@]2(C(=O)NS(=O)(=O)C2CC2)NC(=O)[C@@H]2C[C@@H](Oc3nc(-c4ccc(C(F)(F)F)cc4)nc4c3oc3ccccc34)CN2C1=O. The first-order chi connectivity index (χ1) is 29.1. The highest BCUT2D eigenvalue weighted by atomic mass is 32.2. The molecule has 8 rings (SSSR count). The number of nitrogens with one attached hydrogen (secondary N) is 3. The van der Waals surface area contributed by atoms with Crippen molar-refractivity contribution in [2.24, 2.45) is 5.92 Å². The lowest BCUT2D eigenvalue weighted by Crippen LogP contribution is -2.58. The van der Waals surface area contributed by atoms with Gasteiger partial charge in [-0.2, -0.15) is 18.2 Å². The van der Waals surface area contributed by atoms with E-state index in [0.717, 1.165) is 19.2 Å². The molecule has 322 valence electrons. The van der Waals surface area contributed by atoms with Crippen LogP contribution >= 0.6 is 0 Å². The predicted molar refractivity (Wildman–Crippen MR) is 210 cm³/mol. The van der Waals surface area contributed by atoms with E-state index in [1.54, 1.807) is 30.3 Å². The lowest BCUT2D eigenvalue weighted by Gasteiger charge is -2.29. The number of sulfonamides is 1. The van der Waals surface area contributed by atoms with Crippen LogP contribution < -0.4 is 20.1 Å². The number of benzene rings is 2. The molecule has 61 heavy (non-hydrogen) atoms. The number of nitrogens with zero attached hydrogens (tertiary/aromatic N) is 3. The van der Waals surface area contributed by atoms with Crippen LogP contribution in [0.25, 0.3) is 33.5 Å². The van der Waals surface area contributed by atoms with E-state index in [1.165, 1.54) is 17.0 Å². The van der Waals surface area contributed by atoms with Crippen LogP contribution in [0.1, 0.15) is 63.4 Å². The van der Waals surface area contributed by atoms with Gasteiger partial charge in [-0.15, -0.1) is 0 Å². The highest BCUT2D eigenvalue weighted by molar-refractivity contribution is 7.91. The number of fused-ring (bicyclic) bond motifs is 5. The Morgan fingerprint density at radius 2 is 1.75 bits per heavy atom.